The van der Waals surface area contributed by atoms with Crippen LogP contribution in [0.25, 0.3) is 6.08 Å². The molecule has 0 saturated carbocycles. The maximum atomic E-state index is 13.0. The summed E-state index contributed by atoms with van der Waals surface area (Å²) >= 11 is 6.80. The highest BCUT2D eigenvalue weighted by atomic mass is 32.2. The molecule has 1 fully saturated rings. The Morgan fingerprint density at radius 3 is 2.45 bits per heavy atom. The van der Waals surface area contributed by atoms with E-state index in [1.807, 2.05) is 61.9 Å². The summed E-state index contributed by atoms with van der Waals surface area (Å²) in [5.74, 6) is 1.29. The average Bonchev–Trinajstić information content (AvgIpc) is 3.15. The van der Waals surface area contributed by atoms with E-state index in [9.17, 15) is 4.79 Å². The predicted octanol–water partition coefficient (Wildman–Crippen LogP) is 5.22. The summed E-state index contributed by atoms with van der Waals surface area (Å²) in [4.78, 5) is 13.6. The van der Waals surface area contributed by atoms with Gasteiger partial charge in [-0.3, -0.25) is 9.47 Å². The molecule has 0 unspecified atom stereocenters. The van der Waals surface area contributed by atoms with Crippen molar-refractivity contribution in [2.45, 2.75) is 40.5 Å². The number of amides is 1. The molecule has 7 heteroatoms. The molecule has 5 nitrogen and oxygen atoms in total. The second-order valence-corrected chi connectivity index (χ2v) is 8.44. The molecule has 0 spiro atoms. The van der Waals surface area contributed by atoms with Crippen molar-refractivity contribution in [1.82, 2.24) is 4.68 Å². The molecular formula is C22H26N2O3S2. The number of aryl methyl sites for hydroxylation is 2. The van der Waals surface area contributed by atoms with Crippen LogP contribution in [0.15, 0.2) is 35.2 Å². The number of thiocarbonyl (C=S) groups is 1. The molecule has 0 atom stereocenters. The van der Waals surface area contributed by atoms with E-state index in [1.54, 1.807) is 5.01 Å². The molecule has 2 heterocycles. The van der Waals surface area contributed by atoms with Crippen molar-refractivity contribution >= 4 is 40.3 Å². The zero-order valence-corrected chi connectivity index (χ0v) is 18.9. The van der Waals surface area contributed by atoms with Crippen LogP contribution in [0.2, 0.25) is 0 Å². The third kappa shape index (κ3) is 4.67. The summed E-state index contributed by atoms with van der Waals surface area (Å²) in [5, 5.41) is 1.56. The van der Waals surface area contributed by atoms with Crippen molar-refractivity contribution in [2.24, 2.45) is 0 Å². The van der Waals surface area contributed by atoms with Gasteiger partial charge in [0, 0.05) is 11.4 Å². The molecule has 1 aromatic heterocycles. The Morgan fingerprint density at radius 2 is 1.79 bits per heavy atom. The molecule has 1 aliphatic rings. The van der Waals surface area contributed by atoms with Crippen molar-refractivity contribution in [3.8, 4) is 11.5 Å². The number of ether oxygens (including phenoxy) is 2. The Kier molecular flexibility index (Phi) is 7.03. The third-order valence-corrected chi connectivity index (χ3v) is 5.81. The molecule has 1 saturated heterocycles. The lowest BCUT2D eigenvalue weighted by Gasteiger charge is -2.20. The first-order chi connectivity index (χ1) is 14.0. The Bertz CT molecular complexity index is 930. The van der Waals surface area contributed by atoms with Gasteiger partial charge in [0.25, 0.3) is 5.91 Å². The lowest BCUT2D eigenvalue weighted by Crippen LogP contribution is -2.39. The van der Waals surface area contributed by atoms with E-state index in [0.717, 1.165) is 35.5 Å². The van der Waals surface area contributed by atoms with Gasteiger partial charge in [0.05, 0.1) is 18.1 Å². The smallest absolute Gasteiger partial charge is 0.285 e. The van der Waals surface area contributed by atoms with Gasteiger partial charge in [0.1, 0.15) is 0 Å². The van der Waals surface area contributed by atoms with Gasteiger partial charge in [0.15, 0.2) is 15.8 Å². The van der Waals surface area contributed by atoms with Crippen LogP contribution in [0.3, 0.4) is 0 Å². The van der Waals surface area contributed by atoms with E-state index < -0.39 is 0 Å². The molecular weight excluding hydrogens is 404 g/mol. The molecule has 154 valence electrons. The maximum Gasteiger partial charge on any atom is 0.285 e. The van der Waals surface area contributed by atoms with Crippen molar-refractivity contribution in [3.05, 3.63) is 52.2 Å². The number of thioether (sulfide) groups is 1. The molecule has 29 heavy (non-hydrogen) atoms. The summed E-state index contributed by atoms with van der Waals surface area (Å²) in [6.07, 6.45) is 3.92. The van der Waals surface area contributed by atoms with Crippen LogP contribution in [0.4, 0.5) is 0 Å². The Labute approximate surface area is 181 Å². The minimum Gasteiger partial charge on any atom is -0.490 e. The minimum absolute atomic E-state index is 0.122. The van der Waals surface area contributed by atoms with E-state index in [1.165, 1.54) is 11.8 Å². The van der Waals surface area contributed by atoms with Crippen LogP contribution in [0.5, 0.6) is 11.5 Å². The second-order valence-electron chi connectivity index (χ2n) is 6.76. The molecule has 0 radical (unpaired) electrons. The van der Waals surface area contributed by atoms with Gasteiger partial charge >= 0.3 is 0 Å². The number of hydrogen-bond donors (Lipinski definition) is 0. The first-order valence-corrected chi connectivity index (χ1v) is 11.0. The van der Waals surface area contributed by atoms with Gasteiger partial charge in [-0.15, -0.1) is 0 Å². The Hall–Kier alpha value is -2.25. The van der Waals surface area contributed by atoms with Crippen LogP contribution in [-0.2, 0) is 4.79 Å². The molecule has 1 aliphatic heterocycles. The molecule has 3 rings (SSSR count). The molecule has 2 aromatic rings. The van der Waals surface area contributed by atoms with E-state index in [-0.39, 0.29) is 5.91 Å². The highest BCUT2D eigenvalue weighted by Gasteiger charge is 2.34. The van der Waals surface area contributed by atoms with Crippen LogP contribution in [0.1, 0.15) is 43.6 Å². The third-order valence-electron chi connectivity index (χ3n) is 4.53. The quantitative estimate of drug-likeness (QED) is 0.326. The van der Waals surface area contributed by atoms with Gasteiger partial charge < -0.3 is 9.47 Å². The van der Waals surface area contributed by atoms with Gasteiger partial charge in [0.2, 0.25) is 0 Å². The summed E-state index contributed by atoms with van der Waals surface area (Å²) in [6, 6.07) is 9.69. The molecule has 0 aliphatic carbocycles. The van der Waals surface area contributed by atoms with Gasteiger partial charge in [-0.25, -0.2) is 0 Å². The second kappa shape index (κ2) is 9.50. The van der Waals surface area contributed by atoms with E-state index >= 15 is 0 Å². The molecule has 0 N–H and O–H groups in total. The molecule has 1 aromatic carbocycles. The topological polar surface area (TPSA) is 43.7 Å². The summed E-state index contributed by atoms with van der Waals surface area (Å²) in [5.41, 5.74) is 2.80. The van der Waals surface area contributed by atoms with Crippen LogP contribution in [0, 0.1) is 13.8 Å². The minimum atomic E-state index is -0.122. The van der Waals surface area contributed by atoms with Crippen molar-refractivity contribution < 1.29 is 14.3 Å². The number of rotatable bonds is 8. The zero-order valence-electron chi connectivity index (χ0n) is 17.2. The number of benzene rings is 1. The first-order valence-electron chi connectivity index (χ1n) is 9.79. The predicted molar refractivity (Wildman–Crippen MR) is 123 cm³/mol. The van der Waals surface area contributed by atoms with Crippen molar-refractivity contribution in [3.63, 3.8) is 0 Å². The highest BCUT2D eigenvalue weighted by molar-refractivity contribution is 8.27. The van der Waals surface area contributed by atoms with E-state index in [2.05, 4.69) is 6.92 Å². The fraction of sp³-hybridized carbons (Fsp3) is 0.364. The molecule has 1 amide bonds. The number of nitrogens with zero attached hydrogens (tertiary/aromatic N) is 2. The summed E-state index contributed by atoms with van der Waals surface area (Å²) < 4.78 is 14.0. The number of carbonyl (C=O) groups excluding carboxylic acids is 1. The van der Waals surface area contributed by atoms with Crippen LogP contribution >= 0.6 is 24.0 Å². The Balaban J connectivity index is 1.87. The fourth-order valence-electron chi connectivity index (χ4n) is 3.09. The normalized spacial score (nSPS) is 15.4. The summed E-state index contributed by atoms with van der Waals surface area (Å²) in [6.45, 7) is 9.19. The highest BCUT2D eigenvalue weighted by Crippen LogP contribution is 2.35. The monoisotopic (exact) mass is 430 g/mol. The average molecular weight is 431 g/mol. The zero-order chi connectivity index (χ0) is 21.0. The largest absolute Gasteiger partial charge is 0.490 e. The van der Waals surface area contributed by atoms with Crippen LogP contribution < -0.4 is 14.5 Å². The number of unbranched alkanes of at least 4 members (excludes halogenated alkanes) is 1. The van der Waals surface area contributed by atoms with Gasteiger partial charge in [-0.05, 0) is 75.3 Å². The first kappa shape index (κ1) is 21.5. The maximum absolute atomic E-state index is 13.0. The van der Waals surface area contributed by atoms with E-state index in [4.69, 9.17) is 21.7 Å². The molecule has 0 bridgehead atoms. The van der Waals surface area contributed by atoms with Gasteiger partial charge in [-0.2, -0.15) is 5.01 Å². The summed E-state index contributed by atoms with van der Waals surface area (Å²) in [7, 11) is 0. The lowest BCUT2D eigenvalue weighted by molar-refractivity contribution is -0.114. The number of carbonyl (C=O) groups is 1. The Morgan fingerprint density at radius 1 is 1.07 bits per heavy atom. The SMILES string of the molecule is CCCCOc1ccc(/C=C2\SC(=S)N(n3c(C)ccc3C)C2=O)cc1OCC. The fourth-order valence-corrected chi connectivity index (χ4v) is 4.33. The number of aromatic nitrogens is 1. The van der Waals surface area contributed by atoms with Crippen molar-refractivity contribution in [2.75, 3.05) is 18.2 Å². The van der Waals surface area contributed by atoms with E-state index in [0.29, 0.717) is 28.2 Å². The van der Waals surface area contributed by atoms with Crippen LogP contribution in [-0.4, -0.2) is 28.1 Å². The van der Waals surface area contributed by atoms with Gasteiger partial charge in [-0.1, -0.05) is 31.2 Å². The standard InChI is InChI=1S/C22H26N2O3S2/c1-5-7-12-27-18-11-10-17(13-19(18)26-6-2)14-20-21(25)24(22(28)29-20)23-15(3)8-9-16(23)4/h8-11,13-14H,5-7,12H2,1-4H3/b20-14-. The van der Waals surface area contributed by atoms with Crippen molar-refractivity contribution in [1.29, 1.82) is 0 Å². The number of hydrogen-bond acceptors (Lipinski definition) is 5. The lowest BCUT2D eigenvalue weighted by atomic mass is 10.2.